The maximum Gasteiger partial charge on any atom is 0.244 e. The van der Waals surface area contributed by atoms with Gasteiger partial charge >= 0.3 is 0 Å². The van der Waals surface area contributed by atoms with Crippen LogP contribution in [0.2, 0.25) is 5.02 Å². The van der Waals surface area contributed by atoms with Crippen molar-refractivity contribution in [2.45, 2.75) is 52.2 Å². The van der Waals surface area contributed by atoms with E-state index >= 15 is 0 Å². The van der Waals surface area contributed by atoms with Crippen LogP contribution in [0.5, 0.6) is 0 Å². The van der Waals surface area contributed by atoms with Crippen LogP contribution >= 0.6 is 11.6 Å². The molecule has 2 amide bonds. The second-order valence-corrected chi connectivity index (χ2v) is 12.1. The Hall–Kier alpha value is -3.36. The first kappa shape index (κ1) is 30.2. The Morgan fingerprint density at radius 1 is 0.949 bits per heavy atom. The van der Waals surface area contributed by atoms with Crippen molar-refractivity contribution in [2.75, 3.05) is 17.1 Å². The molecular formula is C30H36ClN3O4S. The van der Waals surface area contributed by atoms with E-state index in [2.05, 4.69) is 5.32 Å². The van der Waals surface area contributed by atoms with Crippen LogP contribution in [-0.2, 0) is 32.6 Å². The van der Waals surface area contributed by atoms with Crippen molar-refractivity contribution in [3.63, 3.8) is 0 Å². The Morgan fingerprint density at radius 3 is 2.23 bits per heavy atom. The minimum absolute atomic E-state index is 0.0920. The molecule has 0 saturated heterocycles. The number of hydrogen-bond donors (Lipinski definition) is 1. The molecule has 0 heterocycles. The van der Waals surface area contributed by atoms with Crippen molar-refractivity contribution in [2.24, 2.45) is 0 Å². The average molecular weight is 570 g/mol. The zero-order valence-corrected chi connectivity index (χ0v) is 24.4. The summed E-state index contributed by atoms with van der Waals surface area (Å²) in [7, 11) is -3.84. The lowest BCUT2D eigenvalue weighted by atomic mass is 10.0. The van der Waals surface area contributed by atoms with Crippen molar-refractivity contribution in [3.05, 3.63) is 101 Å². The quantitative estimate of drug-likeness (QED) is 0.334. The van der Waals surface area contributed by atoms with Crippen LogP contribution in [0.4, 0.5) is 5.69 Å². The van der Waals surface area contributed by atoms with Gasteiger partial charge in [0.1, 0.15) is 12.6 Å². The molecule has 0 unspecified atom stereocenters. The molecule has 0 radical (unpaired) electrons. The van der Waals surface area contributed by atoms with Gasteiger partial charge in [0.05, 0.1) is 11.9 Å². The average Bonchev–Trinajstić information content (AvgIpc) is 2.89. The zero-order valence-electron chi connectivity index (χ0n) is 22.8. The second kappa shape index (κ2) is 13.6. The highest BCUT2D eigenvalue weighted by atomic mass is 35.5. The summed E-state index contributed by atoms with van der Waals surface area (Å²) in [4.78, 5) is 29.2. The molecule has 9 heteroatoms. The molecule has 2 atom stereocenters. The van der Waals surface area contributed by atoms with Crippen molar-refractivity contribution in [3.8, 4) is 0 Å². The van der Waals surface area contributed by atoms with Crippen LogP contribution < -0.4 is 9.62 Å². The van der Waals surface area contributed by atoms with Gasteiger partial charge < -0.3 is 10.2 Å². The molecule has 0 spiro atoms. The van der Waals surface area contributed by atoms with Crippen molar-refractivity contribution >= 4 is 39.1 Å². The Kier molecular flexibility index (Phi) is 10.5. The molecule has 0 aliphatic heterocycles. The van der Waals surface area contributed by atoms with E-state index in [4.69, 9.17) is 11.6 Å². The predicted octanol–water partition coefficient (Wildman–Crippen LogP) is 4.97. The first-order valence-corrected chi connectivity index (χ1v) is 15.1. The van der Waals surface area contributed by atoms with Gasteiger partial charge in [0, 0.05) is 24.0 Å². The van der Waals surface area contributed by atoms with Crippen LogP contribution in [0.1, 0.15) is 37.0 Å². The Bertz CT molecular complexity index is 1380. The summed E-state index contributed by atoms with van der Waals surface area (Å²) in [5.74, 6) is -0.787. The Morgan fingerprint density at radius 2 is 1.62 bits per heavy atom. The van der Waals surface area contributed by atoms with Crippen molar-refractivity contribution in [1.29, 1.82) is 0 Å². The minimum atomic E-state index is -3.84. The Labute approximate surface area is 236 Å². The number of aryl methyl sites for hydroxylation is 1. The fourth-order valence-electron chi connectivity index (χ4n) is 4.25. The number of halogens is 1. The van der Waals surface area contributed by atoms with Gasteiger partial charge in [0.15, 0.2) is 0 Å². The standard InChI is InChI=1S/C30H36ClN3O4S/c1-5-23(3)32-30(36)28(18-24-12-7-6-8-13-24)33(20-25-14-9-11-22(2)17-25)29(35)21-34(39(4,37)38)27-16-10-15-26(31)19-27/h6-17,19,23,28H,5,18,20-21H2,1-4H3,(H,32,36)/t23-,28-/m1/s1. The highest BCUT2D eigenvalue weighted by Crippen LogP contribution is 2.23. The summed E-state index contributed by atoms with van der Waals surface area (Å²) in [5.41, 5.74) is 3.02. The number of nitrogens with one attached hydrogen (secondary N) is 1. The molecule has 0 aliphatic carbocycles. The number of carbonyl (C=O) groups is 2. The van der Waals surface area contributed by atoms with E-state index in [0.717, 1.165) is 33.7 Å². The summed E-state index contributed by atoms with van der Waals surface area (Å²) in [6.07, 6.45) is 2.05. The normalized spacial score (nSPS) is 12.8. The lowest BCUT2D eigenvalue weighted by Gasteiger charge is -2.34. The van der Waals surface area contributed by atoms with Crippen LogP contribution in [0.15, 0.2) is 78.9 Å². The van der Waals surface area contributed by atoms with Gasteiger partial charge in [0.25, 0.3) is 0 Å². The van der Waals surface area contributed by atoms with E-state index in [1.165, 1.54) is 11.0 Å². The first-order chi connectivity index (χ1) is 18.5. The lowest BCUT2D eigenvalue weighted by Crippen LogP contribution is -2.54. The largest absolute Gasteiger partial charge is 0.352 e. The second-order valence-electron chi connectivity index (χ2n) is 9.78. The third-order valence-corrected chi connectivity index (χ3v) is 7.86. The molecule has 0 aliphatic rings. The van der Waals surface area contributed by atoms with E-state index in [9.17, 15) is 18.0 Å². The molecule has 3 aromatic rings. The third-order valence-electron chi connectivity index (χ3n) is 6.48. The highest BCUT2D eigenvalue weighted by Gasteiger charge is 2.33. The molecule has 3 aromatic carbocycles. The van der Waals surface area contributed by atoms with Crippen LogP contribution in [0.25, 0.3) is 0 Å². The summed E-state index contributed by atoms with van der Waals surface area (Å²) in [6, 6.07) is 22.6. The molecule has 208 valence electrons. The maximum atomic E-state index is 14.0. The summed E-state index contributed by atoms with van der Waals surface area (Å²) >= 11 is 6.13. The maximum absolute atomic E-state index is 14.0. The first-order valence-electron chi connectivity index (χ1n) is 12.9. The lowest BCUT2D eigenvalue weighted by molar-refractivity contribution is -0.140. The van der Waals surface area contributed by atoms with Gasteiger partial charge in [0.2, 0.25) is 21.8 Å². The summed E-state index contributed by atoms with van der Waals surface area (Å²) in [6.45, 7) is 5.50. The molecule has 7 nitrogen and oxygen atoms in total. The number of hydrogen-bond acceptors (Lipinski definition) is 4. The molecule has 0 saturated carbocycles. The van der Waals surface area contributed by atoms with Crippen molar-refractivity contribution in [1.82, 2.24) is 10.2 Å². The van der Waals surface area contributed by atoms with Crippen LogP contribution in [0.3, 0.4) is 0 Å². The SMILES string of the molecule is CC[C@@H](C)NC(=O)[C@@H](Cc1ccccc1)N(Cc1cccc(C)c1)C(=O)CN(c1cccc(Cl)c1)S(C)(=O)=O. The van der Waals surface area contributed by atoms with E-state index < -0.39 is 28.5 Å². The number of anilines is 1. The molecular weight excluding hydrogens is 534 g/mol. The molecule has 0 aromatic heterocycles. The number of carbonyl (C=O) groups excluding carboxylic acids is 2. The van der Waals surface area contributed by atoms with Gasteiger partial charge in [-0.1, -0.05) is 84.8 Å². The fourth-order valence-corrected chi connectivity index (χ4v) is 5.27. The van der Waals surface area contributed by atoms with Gasteiger partial charge in [-0.3, -0.25) is 13.9 Å². The number of benzene rings is 3. The van der Waals surface area contributed by atoms with Gasteiger partial charge in [-0.2, -0.15) is 0 Å². The number of sulfonamides is 1. The minimum Gasteiger partial charge on any atom is -0.352 e. The molecule has 0 bridgehead atoms. The van der Waals surface area contributed by atoms with E-state index in [1.807, 2.05) is 75.4 Å². The van der Waals surface area contributed by atoms with Crippen LogP contribution in [-0.4, -0.2) is 50.0 Å². The van der Waals surface area contributed by atoms with Crippen molar-refractivity contribution < 1.29 is 18.0 Å². The highest BCUT2D eigenvalue weighted by molar-refractivity contribution is 7.92. The van der Waals surface area contributed by atoms with E-state index in [1.54, 1.807) is 18.2 Å². The monoisotopic (exact) mass is 569 g/mol. The smallest absolute Gasteiger partial charge is 0.244 e. The number of amides is 2. The van der Waals surface area contributed by atoms with E-state index in [-0.39, 0.29) is 30.6 Å². The molecule has 3 rings (SSSR count). The number of nitrogens with zero attached hydrogens (tertiary/aromatic N) is 2. The Balaban J connectivity index is 2.06. The van der Waals surface area contributed by atoms with Gasteiger partial charge in [-0.15, -0.1) is 0 Å². The topological polar surface area (TPSA) is 86.8 Å². The third kappa shape index (κ3) is 8.83. The van der Waals surface area contributed by atoms with Gasteiger partial charge in [-0.25, -0.2) is 8.42 Å². The molecule has 39 heavy (non-hydrogen) atoms. The van der Waals surface area contributed by atoms with Crippen LogP contribution in [0, 0.1) is 6.92 Å². The van der Waals surface area contributed by atoms with E-state index in [0.29, 0.717) is 5.02 Å². The zero-order chi connectivity index (χ0) is 28.6. The number of rotatable bonds is 12. The summed E-state index contributed by atoms with van der Waals surface area (Å²) < 4.78 is 26.7. The molecule has 0 fully saturated rings. The summed E-state index contributed by atoms with van der Waals surface area (Å²) in [5, 5.41) is 3.37. The predicted molar refractivity (Wildman–Crippen MR) is 157 cm³/mol. The van der Waals surface area contributed by atoms with Gasteiger partial charge in [-0.05, 0) is 49.6 Å². The molecule has 1 N–H and O–H groups in total. The fraction of sp³-hybridized carbons (Fsp3) is 0.333.